The first-order chi connectivity index (χ1) is 5.29. The van der Waals surface area contributed by atoms with Crippen molar-refractivity contribution in [2.75, 3.05) is 0 Å². The third-order valence-corrected chi connectivity index (χ3v) is 1.72. The van der Waals surface area contributed by atoms with E-state index in [1.165, 1.54) is 6.39 Å². The fourth-order valence-corrected chi connectivity index (χ4v) is 1.10. The van der Waals surface area contributed by atoms with Gasteiger partial charge in [-0.05, 0) is 13.8 Å². The molecule has 0 saturated carbocycles. The Balaban J connectivity index is 2.96. The maximum atomic E-state index is 5.18. The lowest BCUT2D eigenvalue weighted by Gasteiger charge is -1.94. The van der Waals surface area contributed by atoms with Gasteiger partial charge in [0.05, 0.1) is 5.69 Å². The van der Waals surface area contributed by atoms with Gasteiger partial charge in [-0.15, -0.1) is 0 Å². The molecule has 0 aliphatic rings. The van der Waals surface area contributed by atoms with Crippen LogP contribution in [0.1, 0.15) is 11.3 Å². The number of aryl methyl sites for hydroxylation is 2. The van der Waals surface area contributed by atoms with Crippen molar-refractivity contribution < 1.29 is 4.42 Å². The summed E-state index contributed by atoms with van der Waals surface area (Å²) in [5.74, 6) is 0. The van der Waals surface area contributed by atoms with Crippen molar-refractivity contribution in [1.29, 1.82) is 0 Å². The molecule has 0 atom stereocenters. The van der Waals surface area contributed by atoms with Gasteiger partial charge in [-0.1, -0.05) is 0 Å². The van der Waals surface area contributed by atoms with Crippen LogP contribution < -0.4 is 0 Å². The summed E-state index contributed by atoms with van der Waals surface area (Å²) in [4.78, 5) is 8.21. The third-order valence-electron chi connectivity index (χ3n) is 1.72. The number of pyridine rings is 1. The molecule has 56 valence electrons. The van der Waals surface area contributed by atoms with Crippen LogP contribution in [0, 0.1) is 13.8 Å². The normalized spacial score (nSPS) is 10.7. The lowest BCUT2D eigenvalue weighted by Crippen LogP contribution is -1.84. The molecule has 0 N–H and O–H groups in total. The molecule has 0 aromatic carbocycles. The van der Waals surface area contributed by atoms with Crippen LogP contribution in [-0.4, -0.2) is 9.97 Å². The Morgan fingerprint density at radius 3 is 2.82 bits per heavy atom. The molecule has 0 bridgehead atoms. The second kappa shape index (κ2) is 2.05. The summed E-state index contributed by atoms with van der Waals surface area (Å²) in [5, 5.41) is 0. The summed E-state index contributed by atoms with van der Waals surface area (Å²) >= 11 is 0. The van der Waals surface area contributed by atoms with Crippen LogP contribution in [-0.2, 0) is 0 Å². The van der Waals surface area contributed by atoms with Crippen molar-refractivity contribution in [3.63, 3.8) is 0 Å². The molecule has 0 unspecified atom stereocenters. The topological polar surface area (TPSA) is 38.9 Å². The lowest BCUT2D eigenvalue weighted by atomic mass is 10.2. The molecule has 0 fully saturated rings. The van der Waals surface area contributed by atoms with Crippen LogP contribution in [0.2, 0.25) is 0 Å². The van der Waals surface area contributed by atoms with Crippen LogP contribution >= 0.6 is 0 Å². The average molecular weight is 148 g/mol. The summed E-state index contributed by atoms with van der Waals surface area (Å²) < 4.78 is 5.18. The quantitative estimate of drug-likeness (QED) is 0.572. The van der Waals surface area contributed by atoms with E-state index in [1.54, 1.807) is 6.20 Å². The zero-order valence-electron chi connectivity index (χ0n) is 6.46. The van der Waals surface area contributed by atoms with Gasteiger partial charge in [0, 0.05) is 11.8 Å². The Labute approximate surface area is 64.1 Å². The third kappa shape index (κ3) is 0.808. The fraction of sp³-hybridized carbons (Fsp3) is 0.250. The van der Waals surface area contributed by atoms with Gasteiger partial charge < -0.3 is 4.42 Å². The number of nitrogens with zero attached hydrogens (tertiary/aromatic N) is 2. The van der Waals surface area contributed by atoms with Crippen LogP contribution in [0.3, 0.4) is 0 Å². The predicted octanol–water partition coefficient (Wildman–Crippen LogP) is 1.84. The zero-order chi connectivity index (χ0) is 7.84. The van der Waals surface area contributed by atoms with Gasteiger partial charge >= 0.3 is 0 Å². The van der Waals surface area contributed by atoms with Crippen molar-refractivity contribution >= 4 is 11.1 Å². The van der Waals surface area contributed by atoms with Gasteiger partial charge in [-0.3, -0.25) is 4.98 Å². The van der Waals surface area contributed by atoms with Gasteiger partial charge in [0.2, 0.25) is 0 Å². The number of oxazole rings is 1. The second-order valence-corrected chi connectivity index (χ2v) is 2.56. The molecule has 0 aliphatic carbocycles. The highest BCUT2D eigenvalue weighted by Crippen LogP contribution is 2.17. The molecule has 3 nitrogen and oxygen atoms in total. The summed E-state index contributed by atoms with van der Waals surface area (Å²) in [7, 11) is 0. The minimum atomic E-state index is 0.845. The highest BCUT2D eigenvalue weighted by molar-refractivity contribution is 5.77. The standard InChI is InChI=1S/C8H8N2O/c1-5-3-9-6(2)7-8(5)11-4-10-7/h3-4H,1-2H3. The second-order valence-electron chi connectivity index (χ2n) is 2.56. The molecule has 3 heteroatoms. The molecular formula is C8H8N2O. The van der Waals surface area contributed by atoms with Crippen LogP contribution in [0.25, 0.3) is 11.1 Å². The highest BCUT2D eigenvalue weighted by atomic mass is 16.3. The molecule has 2 rings (SSSR count). The Kier molecular flexibility index (Phi) is 1.18. The fourth-order valence-electron chi connectivity index (χ4n) is 1.10. The first kappa shape index (κ1) is 6.34. The lowest BCUT2D eigenvalue weighted by molar-refractivity contribution is 0.599. The van der Waals surface area contributed by atoms with Crippen molar-refractivity contribution in [3.05, 3.63) is 23.8 Å². The minimum absolute atomic E-state index is 0.845. The van der Waals surface area contributed by atoms with E-state index in [-0.39, 0.29) is 0 Å². The Morgan fingerprint density at radius 2 is 2.09 bits per heavy atom. The monoisotopic (exact) mass is 148 g/mol. The summed E-state index contributed by atoms with van der Waals surface area (Å²) in [6.45, 7) is 3.88. The van der Waals surface area contributed by atoms with E-state index >= 15 is 0 Å². The number of hydrogen-bond donors (Lipinski definition) is 0. The molecule has 0 aliphatic heterocycles. The zero-order valence-corrected chi connectivity index (χ0v) is 6.46. The van der Waals surface area contributed by atoms with E-state index in [0.29, 0.717) is 0 Å². The van der Waals surface area contributed by atoms with Gasteiger partial charge in [0.1, 0.15) is 5.52 Å². The van der Waals surface area contributed by atoms with E-state index in [2.05, 4.69) is 9.97 Å². The molecule has 0 saturated heterocycles. The Morgan fingerprint density at radius 1 is 1.27 bits per heavy atom. The summed E-state index contributed by atoms with van der Waals surface area (Å²) in [6, 6.07) is 0. The molecule has 11 heavy (non-hydrogen) atoms. The average Bonchev–Trinajstić information content (AvgIpc) is 2.45. The summed E-state index contributed by atoms with van der Waals surface area (Å²) in [6.07, 6.45) is 3.25. The first-order valence-electron chi connectivity index (χ1n) is 3.44. The Hall–Kier alpha value is -1.38. The van der Waals surface area contributed by atoms with Gasteiger partial charge in [-0.25, -0.2) is 4.98 Å². The minimum Gasteiger partial charge on any atom is -0.443 e. The first-order valence-corrected chi connectivity index (χ1v) is 3.44. The summed E-state index contributed by atoms with van der Waals surface area (Å²) in [5.41, 5.74) is 3.66. The molecule has 0 amide bonds. The van der Waals surface area contributed by atoms with Gasteiger partial charge in [0.25, 0.3) is 0 Å². The molecular weight excluding hydrogens is 140 g/mol. The SMILES string of the molecule is Cc1ncc(C)c2ocnc12. The van der Waals surface area contributed by atoms with Crippen LogP contribution in [0.15, 0.2) is 17.0 Å². The van der Waals surface area contributed by atoms with Crippen molar-refractivity contribution in [1.82, 2.24) is 9.97 Å². The maximum absolute atomic E-state index is 5.18. The van der Waals surface area contributed by atoms with Gasteiger partial charge in [-0.2, -0.15) is 0 Å². The maximum Gasteiger partial charge on any atom is 0.182 e. The predicted molar refractivity (Wildman–Crippen MR) is 41.3 cm³/mol. The molecule has 0 spiro atoms. The van der Waals surface area contributed by atoms with E-state index < -0.39 is 0 Å². The molecule has 0 radical (unpaired) electrons. The number of fused-ring (bicyclic) bond motifs is 1. The van der Waals surface area contributed by atoms with Crippen molar-refractivity contribution in [2.45, 2.75) is 13.8 Å². The van der Waals surface area contributed by atoms with Crippen LogP contribution in [0.5, 0.6) is 0 Å². The van der Waals surface area contributed by atoms with Crippen LogP contribution in [0.4, 0.5) is 0 Å². The number of aromatic nitrogens is 2. The molecule has 2 aromatic heterocycles. The van der Waals surface area contributed by atoms with E-state index in [9.17, 15) is 0 Å². The highest BCUT2D eigenvalue weighted by Gasteiger charge is 2.04. The number of hydrogen-bond acceptors (Lipinski definition) is 3. The van der Waals surface area contributed by atoms with Crippen molar-refractivity contribution in [3.8, 4) is 0 Å². The van der Waals surface area contributed by atoms with E-state index in [0.717, 1.165) is 22.4 Å². The Bertz CT molecular complexity index is 356. The van der Waals surface area contributed by atoms with E-state index in [4.69, 9.17) is 4.42 Å². The molecule has 2 heterocycles. The van der Waals surface area contributed by atoms with E-state index in [1.807, 2.05) is 13.8 Å². The number of rotatable bonds is 0. The largest absolute Gasteiger partial charge is 0.443 e. The molecule has 2 aromatic rings. The smallest absolute Gasteiger partial charge is 0.182 e. The van der Waals surface area contributed by atoms with Crippen molar-refractivity contribution in [2.24, 2.45) is 0 Å². The van der Waals surface area contributed by atoms with Gasteiger partial charge in [0.15, 0.2) is 12.0 Å².